The summed E-state index contributed by atoms with van der Waals surface area (Å²) < 4.78 is 1.13. The fraction of sp³-hybridized carbons (Fsp3) is 0.600. The number of nitrogens with zero attached hydrogens (tertiary/aromatic N) is 1. The Hall–Kier alpha value is -0.380. The van der Waals surface area contributed by atoms with E-state index in [2.05, 4.69) is 85.3 Å². The lowest BCUT2D eigenvalue weighted by atomic mass is 10.0. The minimum Gasteiger partial charge on any atom is -0.309 e. The Labute approximate surface area is 120 Å². The number of benzene rings is 1. The second kappa shape index (κ2) is 7.27. The van der Waals surface area contributed by atoms with E-state index < -0.39 is 0 Å². The molecule has 2 nitrogen and oxygen atoms in total. The third-order valence-corrected chi connectivity index (χ3v) is 3.96. The van der Waals surface area contributed by atoms with Crippen molar-refractivity contribution in [3.63, 3.8) is 0 Å². The first-order chi connectivity index (χ1) is 8.41. The highest BCUT2D eigenvalue weighted by Gasteiger charge is 2.16. The second-order valence-electron chi connectivity index (χ2n) is 5.46. The van der Waals surface area contributed by atoms with Crippen LogP contribution in [-0.2, 0) is 0 Å². The van der Waals surface area contributed by atoms with Gasteiger partial charge >= 0.3 is 0 Å². The van der Waals surface area contributed by atoms with Gasteiger partial charge in [0.05, 0.1) is 0 Å². The highest BCUT2D eigenvalue weighted by atomic mass is 79.9. The zero-order valence-corrected chi connectivity index (χ0v) is 13.7. The van der Waals surface area contributed by atoms with Gasteiger partial charge in [-0.2, -0.15) is 0 Å². The molecule has 0 aliphatic rings. The first-order valence-corrected chi connectivity index (χ1v) is 7.36. The van der Waals surface area contributed by atoms with E-state index in [0.717, 1.165) is 11.0 Å². The summed E-state index contributed by atoms with van der Waals surface area (Å²) >= 11 is 3.47. The normalized spacial score (nSPS) is 15.1. The molecule has 1 N–H and O–H groups in total. The largest absolute Gasteiger partial charge is 0.309 e. The van der Waals surface area contributed by atoms with Gasteiger partial charge in [-0.1, -0.05) is 41.9 Å². The standard InChI is InChI=1S/C15H25BrN2/c1-11(2)15(18(4)5)10-17-12(3)13-6-8-14(16)9-7-13/h6-9,11-12,15,17H,10H2,1-5H3. The zero-order chi connectivity index (χ0) is 13.7. The van der Waals surface area contributed by atoms with Crippen molar-refractivity contribution in [3.8, 4) is 0 Å². The lowest BCUT2D eigenvalue weighted by Gasteiger charge is -2.29. The molecule has 3 heteroatoms. The predicted molar refractivity (Wildman–Crippen MR) is 82.9 cm³/mol. The molecule has 1 aromatic carbocycles. The average Bonchev–Trinajstić information content (AvgIpc) is 2.28. The van der Waals surface area contributed by atoms with Gasteiger partial charge in [-0.3, -0.25) is 0 Å². The first kappa shape index (κ1) is 15.7. The summed E-state index contributed by atoms with van der Waals surface area (Å²) in [6.45, 7) is 7.78. The van der Waals surface area contributed by atoms with Gasteiger partial charge in [0.25, 0.3) is 0 Å². The lowest BCUT2D eigenvalue weighted by Crippen LogP contribution is -2.42. The molecule has 0 bridgehead atoms. The molecule has 1 rings (SSSR count). The van der Waals surface area contributed by atoms with Crippen molar-refractivity contribution in [1.82, 2.24) is 10.2 Å². The Kier molecular flexibility index (Phi) is 6.33. The summed E-state index contributed by atoms with van der Waals surface area (Å²) in [6.07, 6.45) is 0. The summed E-state index contributed by atoms with van der Waals surface area (Å²) in [5, 5.41) is 3.62. The molecule has 0 saturated heterocycles. The van der Waals surface area contributed by atoms with Crippen molar-refractivity contribution < 1.29 is 0 Å². The molecule has 0 fully saturated rings. The summed E-state index contributed by atoms with van der Waals surface area (Å²) in [5.74, 6) is 0.657. The summed E-state index contributed by atoms with van der Waals surface area (Å²) in [5.41, 5.74) is 1.33. The molecule has 2 atom stereocenters. The summed E-state index contributed by atoms with van der Waals surface area (Å²) in [4.78, 5) is 2.30. The maximum atomic E-state index is 3.62. The van der Waals surface area contributed by atoms with Crippen molar-refractivity contribution in [2.24, 2.45) is 5.92 Å². The van der Waals surface area contributed by atoms with Crippen LogP contribution in [0.2, 0.25) is 0 Å². The van der Waals surface area contributed by atoms with Crippen molar-refractivity contribution in [3.05, 3.63) is 34.3 Å². The van der Waals surface area contributed by atoms with E-state index in [4.69, 9.17) is 0 Å². The molecule has 1 aromatic rings. The Morgan fingerprint density at radius 3 is 2.11 bits per heavy atom. The quantitative estimate of drug-likeness (QED) is 0.862. The van der Waals surface area contributed by atoms with Crippen molar-refractivity contribution in [2.45, 2.75) is 32.9 Å². The molecule has 102 valence electrons. The van der Waals surface area contributed by atoms with E-state index in [1.165, 1.54) is 5.56 Å². The van der Waals surface area contributed by atoms with E-state index >= 15 is 0 Å². The molecule has 18 heavy (non-hydrogen) atoms. The van der Waals surface area contributed by atoms with Gasteiger partial charge in [-0.25, -0.2) is 0 Å². The Morgan fingerprint density at radius 1 is 1.11 bits per heavy atom. The maximum absolute atomic E-state index is 3.62. The van der Waals surface area contributed by atoms with E-state index in [-0.39, 0.29) is 0 Å². The van der Waals surface area contributed by atoms with E-state index in [0.29, 0.717) is 18.0 Å². The Balaban J connectivity index is 2.54. The van der Waals surface area contributed by atoms with Crippen molar-refractivity contribution >= 4 is 15.9 Å². The molecular formula is C15H25BrN2. The number of hydrogen-bond donors (Lipinski definition) is 1. The first-order valence-electron chi connectivity index (χ1n) is 6.57. The van der Waals surface area contributed by atoms with E-state index in [9.17, 15) is 0 Å². The molecular weight excluding hydrogens is 288 g/mol. The van der Waals surface area contributed by atoms with Crippen LogP contribution >= 0.6 is 15.9 Å². The maximum Gasteiger partial charge on any atom is 0.0292 e. The van der Waals surface area contributed by atoms with Crippen LogP contribution in [0.1, 0.15) is 32.4 Å². The predicted octanol–water partition coefficient (Wildman–Crippen LogP) is 3.69. The van der Waals surface area contributed by atoms with E-state index in [1.807, 2.05) is 0 Å². The number of halogens is 1. The number of rotatable bonds is 6. The highest BCUT2D eigenvalue weighted by Crippen LogP contribution is 2.17. The zero-order valence-electron chi connectivity index (χ0n) is 12.1. The van der Waals surface area contributed by atoms with Crippen LogP contribution in [0.5, 0.6) is 0 Å². The van der Waals surface area contributed by atoms with Gasteiger partial charge in [0.1, 0.15) is 0 Å². The van der Waals surface area contributed by atoms with Crippen LogP contribution in [0.3, 0.4) is 0 Å². The van der Waals surface area contributed by atoms with Crippen LogP contribution in [0.4, 0.5) is 0 Å². The van der Waals surface area contributed by atoms with E-state index in [1.54, 1.807) is 0 Å². The topological polar surface area (TPSA) is 15.3 Å². The molecule has 0 saturated carbocycles. The SMILES string of the molecule is CC(NCC(C(C)C)N(C)C)c1ccc(Br)cc1. The summed E-state index contributed by atoms with van der Waals surface area (Å²) in [7, 11) is 4.30. The summed E-state index contributed by atoms with van der Waals surface area (Å²) in [6, 6.07) is 9.49. The molecule has 0 heterocycles. The van der Waals surface area contributed by atoms with Gasteiger partial charge in [0, 0.05) is 23.1 Å². The van der Waals surface area contributed by atoms with Crippen LogP contribution in [0, 0.1) is 5.92 Å². The van der Waals surface area contributed by atoms with Gasteiger partial charge in [-0.15, -0.1) is 0 Å². The highest BCUT2D eigenvalue weighted by molar-refractivity contribution is 9.10. The smallest absolute Gasteiger partial charge is 0.0292 e. The van der Waals surface area contributed by atoms with Crippen LogP contribution in [0.25, 0.3) is 0 Å². The third kappa shape index (κ3) is 4.71. The number of likely N-dealkylation sites (N-methyl/N-ethyl adjacent to an activating group) is 1. The Bertz CT molecular complexity index is 338. The monoisotopic (exact) mass is 312 g/mol. The average molecular weight is 313 g/mol. The molecule has 0 amide bonds. The Morgan fingerprint density at radius 2 is 1.67 bits per heavy atom. The fourth-order valence-electron chi connectivity index (χ4n) is 2.18. The van der Waals surface area contributed by atoms with Crippen molar-refractivity contribution in [2.75, 3.05) is 20.6 Å². The van der Waals surface area contributed by atoms with Gasteiger partial charge < -0.3 is 10.2 Å². The molecule has 2 unspecified atom stereocenters. The van der Waals surface area contributed by atoms with Gasteiger partial charge in [0.15, 0.2) is 0 Å². The second-order valence-corrected chi connectivity index (χ2v) is 6.37. The minimum absolute atomic E-state index is 0.388. The lowest BCUT2D eigenvalue weighted by molar-refractivity contribution is 0.220. The van der Waals surface area contributed by atoms with Crippen LogP contribution < -0.4 is 5.32 Å². The molecule has 0 radical (unpaired) electrons. The van der Waals surface area contributed by atoms with Crippen LogP contribution in [-0.4, -0.2) is 31.6 Å². The molecule has 0 aromatic heterocycles. The van der Waals surface area contributed by atoms with Crippen molar-refractivity contribution in [1.29, 1.82) is 0 Å². The van der Waals surface area contributed by atoms with Gasteiger partial charge in [0.2, 0.25) is 0 Å². The number of hydrogen-bond acceptors (Lipinski definition) is 2. The van der Waals surface area contributed by atoms with Gasteiger partial charge in [-0.05, 0) is 44.6 Å². The molecule has 0 spiro atoms. The third-order valence-electron chi connectivity index (χ3n) is 3.44. The van der Waals surface area contributed by atoms with Crippen LogP contribution in [0.15, 0.2) is 28.7 Å². The minimum atomic E-state index is 0.388. The number of nitrogens with one attached hydrogen (secondary N) is 1. The molecule has 0 aliphatic carbocycles. The molecule has 0 aliphatic heterocycles. The fourth-order valence-corrected chi connectivity index (χ4v) is 2.45.